The monoisotopic (exact) mass is 632 g/mol. The van der Waals surface area contributed by atoms with Gasteiger partial charge >= 0.3 is 0 Å². The van der Waals surface area contributed by atoms with Gasteiger partial charge in [0.2, 0.25) is 0 Å². The Bertz CT molecular complexity index is 2390. The first-order chi connectivity index (χ1) is 24.2. The lowest BCUT2D eigenvalue weighted by Crippen LogP contribution is -2.18. The van der Waals surface area contributed by atoms with E-state index in [-0.39, 0.29) is 0 Å². The van der Waals surface area contributed by atoms with Gasteiger partial charge in [-0.15, -0.1) is 0 Å². The van der Waals surface area contributed by atoms with Gasteiger partial charge in [0.15, 0.2) is 0 Å². The lowest BCUT2D eigenvalue weighted by Gasteiger charge is -2.30. The Morgan fingerprint density at radius 1 is 0.633 bits per heavy atom. The molecule has 0 spiro atoms. The predicted octanol–water partition coefficient (Wildman–Crippen LogP) is 12.9. The molecular weight excluding hydrogens is 593 g/mol. The Labute approximate surface area is 289 Å². The summed E-state index contributed by atoms with van der Waals surface area (Å²) in [5.41, 5.74) is 11.2. The third kappa shape index (κ3) is 5.38. The SMILES string of the molecule is CC1C=C(n2c3ccccc3c3c4cc(N(C5=CCC(C6=CCCC=C6)C=C5)c5ccc(-c6ccccc6)cc5)ccc4ccc32)C=CC1. The van der Waals surface area contributed by atoms with Crippen LogP contribution in [0.1, 0.15) is 32.6 Å². The van der Waals surface area contributed by atoms with Crippen molar-refractivity contribution in [2.75, 3.05) is 4.90 Å². The Hall–Kier alpha value is -5.60. The van der Waals surface area contributed by atoms with Crippen molar-refractivity contribution in [2.45, 2.75) is 32.6 Å². The van der Waals surface area contributed by atoms with Crippen molar-refractivity contribution in [3.05, 3.63) is 175 Å². The van der Waals surface area contributed by atoms with Gasteiger partial charge in [-0.1, -0.05) is 122 Å². The molecular formula is C47H40N2. The molecule has 0 N–H and O–H groups in total. The summed E-state index contributed by atoms with van der Waals surface area (Å²) in [6.07, 6.45) is 25.6. The summed E-state index contributed by atoms with van der Waals surface area (Å²) in [5.74, 6) is 0.947. The number of allylic oxidation sites excluding steroid dienone is 11. The van der Waals surface area contributed by atoms with Crippen LogP contribution in [-0.4, -0.2) is 4.57 Å². The van der Waals surface area contributed by atoms with Gasteiger partial charge < -0.3 is 9.47 Å². The molecule has 2 atom stereocenters. The molecule has 0 aliphatic heterocycles. The maximum absolute atomic E-state index is 2.46. The van der Waals surface area contributed by atoms with Gasteiger partial charge in [-0.3, -0.25) is 0 Å². The number of para-hydroxylation sites is 1. The van der Waals surface area contributed by atoms with Crippen molar-refractivity contribution < 1.29 is 0 Å². The Morgan fingerprint density at radius 3 is 2.22 bits per heavy atom. The van der Waals surface area contributed by atoms with E-state index in [1.165, 1.54) is 66.4 Å². The minimum absolute atomic E-state index is 0.427. The fourth-order valence-corrected chi connectivity index (χ4v) is 7.97. The molecule has 0 saturated heterocycles. The van der Waals surface area contributed by atoms with Gasteiger partial charge in [-0.05, 0) is 108 Å². The third-order valence-corrected chi connectivity index (χ3v) is 10.4. The van der Waals surface area contributed by atoms with Crippen LogP contribution in [0.4, 0.5) is 11.4 Å². The van der Waals surface area contributed by atoms with Crippen LogP contribution >= 0.6 is 0 Å². The number of aromatic nitrogens is 1. The van der Waals surface area contributed by atoms with E-state index in [9.17, 15) is 0 Å². The van der Waals surface area contributed by atoms with Crippen LogP contribution in [0, 0.1) is 11.8 Å². The van der Waals surface area contributed by atoms with E-state index in [2.05, 4.69) is 180 Å². The van der Waals surface area contributed by atoms with Crippen LogP contribution in [0.25, 0.3) is 49.4 Å². The highest BCUT2D eigenvalue weighted by Crippen LogP contribution is 2.42. The maximum atomic E-state index is 2.46. The number of rotatable bonds is 6. The zero-order chi connectivity index (χ0) is 32.7. The summed E-state index contributed by atoms with van der Waals surface area (Å²) < 4.78 is 2.46. The molecule has 9 rings (SSSR count). The predicted molar refractivity (Wildman–Crippen MR) is 210 cm³/mol. The van der Waals surface area contributed by atoms with Crippen molar-refractivity contribution in [1.29, 1.82) is 0 Å². The highest BCUT2D eigenvalue weighted by molar-refractivity contribution is 6.22. The van der Waals surface area contributed by atoms with Crippen LogP contribution in [0.3, 0.4) is 0 Å². The number of hydrogen-bond acceptors (Lipinski definition) is 1. The van der Waals surface area contributed by atoms with Crippen LogP contribution < -0.4 is 4.90 Å². The molecule has 6 aromatic rings. The van der Waals surface area contributed by atoms with Gasteiger partial charge in [-0.25, -0.2) is 0 Å². The van der Waals surface area contributed by atoms with E-state index in [4.69, 9.17) is 0 Å². The molecule has 1 aromatic heterocycles. The van der Waals surface area contributed by atoms with Gasteiger partial charge in [0.25, 0.3) is 0 Å². The van der Waals surface area contributed by atoms with Gasteiger partial charge in [0, 0.05) is 39.5 Å². The van der Waals surface area contributed by atoms with E-state index in [0.29, 0.717) is 11.8 Å². The normalized spacial score (nSPS) is 18.9. The molecule has 2 heteroatoms. The van der Waals surface area contributed by atoms with Crippen molar-refractivity contribution in [1.82, 2.24) is 4.57 Å². The van der Waals surface area contributed by atoms with Crippen LogP contribution in [-0.2, 0) is 0 Å². The highest BCUT2D eigenvalue weighted by Gasteiger charge is 2.21. The zero-order valence-electron chi connectivity index (χ0n) is 28.0. The molecule has 0 radical (unpaired) electrons. The fourth-order valence-electron chi connectivity index (χ4n) is 7.97. The third-order valence-electron chi connectivity index (χ3n) is 10.4. The number of benzene rings is 5. The topological polar surface area (TPSA) is 8.17 Å². The van der Waals surface area contributed by atoms with Crippen molar-refractivity contribution in [3.63, 3.8) is 0 Å². The molecule has 3 aliphatic carbocycles. The number of anilines is 2. The second-order valence-electron chi connectivity index (χ2n) is 13.7. The van der Waals surface area contributed by atoms with Gasteiger partial charge in [-0.2, -0.15) is 0 Å². The highest BCUT2D eigenvalue weighted by atomic mass is 15.1. The minimum atomic E-state index is 0.427. The summed E-state index contributed by atoms with van der Waals surface area (Å²) in [6.45, 7) is 2.30. The maximum Gasteiger partial charge on any atom is 0.0547 e. The lowest BCUT2D eigenvalue weighted by molar-refractivity contribution is 0.735. The number of fused-ring (bicyclic) bond motifs is 5. The lowest BCUT2D eigenvalue weighted by atomic mass is 9.88. The molecule has 49 heavy (non-hydrogen) atoms. The minimum Gasteiger partial charge on any atom is -0.311 e. The van der Waals surface area contributed by atoms with Gasteiger partial charge in [0.1, 0.15) is 0 Å². The first kappa shape index (κ1) is 29.5. The molecule has 0 fully saturated rings. The summed E-state index contributed by atoms with van der Waals surface area (Å²) in [4.78, 5) is 2.44. The van der Waals surface area contributed by atoms with E-state index in [1.54, 1.807) is 0 Å². The second-order valence-corrected chi connectivity index (χ2v) is 13.7. The second kappa shape index (κ2) is 12.5. The quantitative estimate of drug-likeness (QED) is 0.177. The Kier molecular flexibility index (Phi) is 7.50. The summed E-state index contributed by atoms with van der Waals surface area (Å²) in [5, 5.41) is 5.13. The molecule has 0 saturated carbocycles. The summed E-state index contributed by atoms with van der Waals surface area (Å²) >= 11 is 0. The first-order valence-electron chi connectivity index (χ1n) is 17.8. The Balaban J connectivity index is 1.20. The molecule has 1 heterocycles. The van der Waals surface area contributed by atoms with E-state index in [0.717, 1.165) is 31.4 Å². The van der Waals surface area contributed by atoms with Crippen molar-refractivity contribution >= 4 is 49.7 Å². The molecule has 5 aromatic carbocycles. The number of hydrogen-bond donors (Lipinski definition) is 0. The smallest absolute Gasteiger partial charge is 0.0547 e. The van der Waals surface area contributed by atoms with Gasteiger partial charge in [0.05, 0.1) is 11.0 Å². The average molecular weight is 633 g/mol. The van der Waals surface area contributed by atoms with Crippen molar-refractivity contribution in [3.8, 4) is 11.1 Å². The zero-order valence-corrected chi connectivity index (χ0v) is 28.0. The van der Waals surface area contributed by atoms with E-state index < -0.39 is 0 Å². The largest absolute Gasteiger partial charge is 0.311 e. The molecule has 2 unspecified atom stereocenters. The molecule has 238 valence electrons. The van der Waals surface area contributed by atoms with Crippen molar-refractivity contribution in [2.24, 2.45) is 11.8 Å². The average Bonchev–Trinajstić information content (AvgIpc) is 3.51. The van der Waals surface area contributed by atoms with Crippen LogP contribution in [0.5, 0.6) is 0 Å². The fraction of sp³-hybridized carbons (Fsp3) is 0.149. The molecule has 0 bridgehead atoms. The summed E-state index contributed by atoms with van der Waals surface area (Å²) in [6, 6.07) is 40.2. The molecule has 2 nitrogen and oxygen atoms in total. The first-order valence-corrected chi connectivity index (χ1v) is 17.8. The number of nitrogens with zero attached hydrogens (tertiary/aromatic N) is 2. The standard InChI is InChI=1S/C47H40N2/c1-33-11-10-16-41(31-33)49-45-18-9-8-17-43(45)47-44-32-42(29-23-38(44)24-30-46(47)49)48(39-25-19-36(20-26-39)34-12-4-2-5-13-34)40-27-21-37(22-28-40)35-14-6-3-7-15-35/h2,4-6,8-10,12-21,23-33,37H,3,7,11,22H2,1H3. The van der Waals surface area contributed by atoms with E-state index >= 15 is 0 Å². The van der Waals surface area contributed by atoms with Crippen LogP contribution in [0.2, 0.25) is 0 Å². The molecule has 0 amide bonds. The van der Waals surface area contributed by atoms with E-state index in [1.807, 2.05) is 0 Å². The molecule has 3 aliphatic rings. The Morgan fingerprint density at radius 2 is 1.43 bits per heavy atom. The summed E-state index contributed by atoms with van der Waals surface area (Å²) in [7, 11) is 0. The van der Waals surface area contributed by atoms with Crippen LogP contribution in [0.15, 0.2) is 175 Å².